The highest BCUT2D eigenvalue weighted by atomic mass is 32.2. The fraction of sp³-hybridized carbons (Fsp3) is 0.267. The van der Waals surface area contributed by atoms with Gasteiger partial charge in [-0.1, -0.05) is 36.9 Å². The molecule has 0 fully saturated rings. The predicted octanol–water partition coefficient (Wildman–Crippen LogP) is 2.18. The number of para-hydroxylation sites is 1. The van der Waals surface area contributed by atoms with E-state index in [1.54, 1.807) is 6.33 Å². The molecule has 0 saturated carbocycles. The average molecular weight is 342 g/mol. The van der Waals surface area contributed by atoms with Crippen LogP contribution in [0.2, 0.25) is 0 Å². The molecular formula is C15H18N8S. The SMILES string of the molecule is CCc1ccccc1Nc1nc(N)nc(CSc2nncn2C)n1. The van der Waals surface area contributed by atoms with Crippen molar-refractivity contribution in [2.75, 3.05) is 11.1 Å². The lowest BCUT2D eigenvalue weighted by molar-refractivity contribution is 0.787. The number of aryl methyl sites for hydroxylation is 2. The summed E-state index contributed by atoms with van der Waals surface area (Å²) in [4.78, 5) is 12.8. The molecule has 0 saturated heterocycles. The molecule has 0 bridgehead atoms. The number of benzene rings is 1. The summed E-state index contributed by atoms with van der Waals surface area (Å²) in [5.74, 6) is 1.75. The number of hydrogen-bond acceptors (Lipinski definition) is 8. The molecule has 0 radical (unpaired) electrons. The molecule has 2 heterocycles. The van der Waals surface area contributed by atoms with Gasteiger partial charge in [0.25, 0.3) is 0 Å². The number of nitrogen functional groups attached to an aromatic ring is 1. The molecule has 0 unspecified atom stereocenters. The molecule has 3 aromatic rings. The van der Waals surface area contributed by atoms with Crippen LogP contribution in [-0.2, 0) is 19.2 Å². The topological polar surface area (TPSA) is 107 Å². The molecule has 1 aromatic carbocycles. The Bertz CT molecular complexity index is 832. The highest BCUT2D eigenvalue weighted by molar-refractivity contribution is 7.98. The molecule has 8 nitrogen and oxygen atoms in total. The Labute approximate surface area is 144 Å². The lowest BCUT2D eigenvalue weighted by Gasteiger charge is -2.10. The monoisotopic (exact) mass is 342 g/mol. The minimum Gasteiger partial charge on any atom is -0.368 e. The van der Waals surface area contributed by atoms with E-state index in [1.165, 1.54) is 17.3 Å². The largest absolute Gasteiger partial charge is 0.368 e. The van der Waals surface area contributed by atoms with E-state index < -0.39 is 0 Å². The van der Waals surface area contributed by atoms with E-state index in [9.17, 15) is 0 Å². The standard InChI is InChI=1S/C15H18N8S/c1-3-10-6-4-5-7-11(10)18-14-20-12(19-13(16)21-14)8-24-15-22-17-9-23(15)2/h4-7,9H,3,8H2,1-2H3,(H3,16,18,19,20,21). The van der Waals surface area contributed by atoms with Gasteiger partial charge in [0.1, 0.15) is 12.2 Å². The van der Waals surface area contributed by atoms with Crippen molar-refractivity contribution in [3.63, 3.8) is 0 Å². The van der Waals surface area contributed by atoms with Crippen molar-refractivity contribution >= 4 is 29.3 Å². The summed E-state index contributed by atoms with van der Waals surface area (Å²) in [7, 11) is 1.89. The van der Waals surface area contributed by atoms with E-state index in [2.05, 4.69) is 43.5 Å². The van der Waals surface area contributed by atoms with Crippen molar-refractivity contribution < 1.29 is 0 Å². The minimum atomic E-state index is 0.190. The second kappa shape index (κ2) is 7.26. The van der Waals surface area contributed by atoms with Crippen LogP contribution in [0.25, 0.3) is 0 Å². The minimum absolute atomic E-state index is 0.190. The first-order valence-corrected chi connectivity index (χ1v) is 8.46. The number of nitrogens with one attached hydrogen (secondary N) is 1. The molecule has 3 rings (SSSR count). The zero-order chi connectivity index (χ0) is 16.9. The summed E-state index contributed by atoms with van der Waals surface area (Å²) in [5, 5.41) is 11.9. The van der Waals surface area contributed by atoms with E-state index in [4.69, 9.17) is 5.73 Å². The van der Waals surface area contributed by atoms with Crippen LogP contribution in [0.5, 0.6) is 0 Å². The summed E-state index contributed by atoms with van der Waals surface area (Å²) in [6.45, 7) is 2.10. The first-order valence-electron chi connectivity index (χ1n) is 7.48. The van der Waals surface area contributed by atoms with Gasteiger partial charge in [-0.25, -0.2) is 0 Å². The lowest BCUT2D eigenvalue weighted by Crippen LogP contribution is -2.07. The van der Waals surface area contributed by atoms with Crippen LogP contribution < -0.4 is 11.1 Å². The van der Waals surface area contributed by atoms with Gasteiger partial charge in [0.15, 0.2) is 5.16 Å². The average Bonchev–Trinajstić information content (AvgIpc) is 2.98. The van der Waals surface area contributed by atoms with E-state index >= 15 is 0 Å². The Kier molecular flexibility index (Phi) is 4.90. The van der Waals surface area contributed by atoms with Crippen molar-refractivity contribution in [2.45, 2.75) is 24.3 Å². The van der Waals surface area contributed by atoms with Gasteiger partial charge < -0.3 is 15.6 Å². The summed E-state index contributed by atoms with van der Waals surface area (Å²) in [5.41, 5.74) is 7.97. The molecule has 0 aliphatic carbocycles. The van der Waals surface area contributed by atoms with E-state index in [0.717, 1.165) is 17.3 Å². The molecular weight excluding hydrogens is 324 g/mol. The summed E-state index contributed by atoms with van der Waals surface area (Å²) in [6.07, 6.45) is 2.57. The van der Waals surface area contributed by atoms with Gasteiger partial charge in [-0.15, -0.1) is 10.2 Å². The quantitative estimate of drug-likeness (QED) is 0.656. The number of nitrogens with two attached hydrogens (primary N) is 1. The number of anilines is 3. The maximum absolute atomic E-state index is 5.82. The third kappa shape index (κ3) is 3.80. The summed E-state index contributed by atoms with van der Waals surface area (Å²) < 4.78 is 1.84. The zero-order valence-electron chi connectivity index (χ0n) is 13.5. The number of hydrogen-bond donors (Lipinski definition) is 2. The van der Waals surface area contributed by atoms with Crippen LogP contribution in [0, 0.1) is 0 Å². The Morgan fingerprint density at radius 3 is 2.79 bits per heavy atom. The lowest BCUT2D eigenvalue weighted by atomic mass is 10.1. The highest BCUT2D eigenvalue weighted by Gasteiger charge is 2.09. The number of nitrogens with zero attached hydrogens (tertiary/aromatic N) is 6. The van der Waals surface area contributed by atoms with Gasteiger partial charge in [0, 0.05) is 12.7 Å². The fourth-order valence-electron chi connectivity index (χ4n) is 2.16. The third-order valence-corrected chi connectivity index (χ3v) is 4.37. The van der Waals surface area contributed by atoms with Crippen LogP contribution in [0.15, 0.2) is 35.7 Å². The maximum atomic E-state index is 5.82. The van der Waals surface area contributed by atoms with E-state index in [1.807, 2.05) is 29.8 Å². The first kappa shape index (κ1) is 16.2. The highest BCUT2D eigenvalue weighted by Crippen LogP contribution is 2.21. The molecule has 0 atom stereocenters. The van der Waals surface area contributed by atoms with Gasteiger partial charge in [-0.05, 0) is 18.1 Å². The first-order chi connectivity index (χ1) is 11.7. The van der Waals surface area contributed by atoms with Crippen LogP contribution in [0.3, 0.4) is 0 Å². The molecule has 24 heavy (non-hydrogen) atoms. The van der Waals surface area contributed by atoms with Crippen LogP contribution in [-0.4, -0.2) is 29.7 Å². The van der Waals surface area contributed by atoms with Crippen molar-refractivity contribution in [3.8, 4) is 0 Å². The van der Waals surface area contributed by atoms with Crippen LogP contribution in [0.1, 0.15) is 18.3 Å². The van der Waals surface area contributed by atoms with E-state index in [-0.39, 0.29) is 5.95 Å². The third-order valence-electron chi connectivity index (χ3n) is 3.34. The van der Waals surface area contributed by atoms with Crippen molar-refractivity contribution in [2.24, 2.45) is 7.05 Å². The molecule has 9 heteroatoms. The number of rotatable bonds is 6. The number of thioether (sulfide) groups is 1. The summed E-state index contributed by atoms with van der Waals surface area (Å²) in [6, 6.07) is 8.04. The van der Waals surface area contributed by atoms with E-state index in [0.29, 0.717) is 17.5 Å². The molecule has 2 aromatic heterocycles. The Hall–Kier alpha value is -2.68. The molecule has 0 aliphatic heterocycles. The maximum Gasteiger partial charge on any atom is 0.232 e. The smallest absolute Gasteiger partial charge is 0.232 e. The van der Waals surface area contributed by atoms with Gasteiger partial charge in [0.05, 0.1) is 5.75 Å². The Balaban J connectivity index is 1.77. The van der Waals surface area contributed by atoms with Crippen LogP contribution in [0.4, 0.5) is 17.6 Å². The Morgan fingerprint density at radius 2 is 2.04 bits per heavy atom. The molecule has 0 amide bonds. The van der Waals surface area contributed by atoms with Gasteiger partial charge >= 0.3 is 0 Å². The summed E-state index contributed by atoms with van der Waals surface area (Å²) >= 11 is 1.49. The van der Waals surface area contributed by atoms with Gasteiger partial charge in [-0.3, -0.25) is 0 Å². The second-order valence-corrected chi connectivity index (χ2v) is 6.02. The molecule has 124 valence electrons. The second-order valence-electron chi connectivity index (χ2n) is 5.08. The van der Waals surface area contributed by atoms with Gasteiger partial charge in [0.2, 0.25) is 11.9 Å². The van der Waals surface area contributed by atoms with Crippen molar-refractivity contribution in [1.82, 2.24) is 29.7 Å². The molecule has 0 aliphatic rings. The van der Waals surface area contributed by atoms with Gasteiger partial charge in [-0.2, -0.15) is 15.0 Å². The normalized spacial score (nSPS) is 10.8. The molecule has 3 N–H and O–H groups in total. The van der Waals surface area contributed by atoms with Crippen LogP contribution >= 0.6 is 11.8 Å². The zero-order valence-corrected chi connectivity index (χ0v) is 14.3. The Morgan fingerprint density at radius 1 is 1.21 bits per heavy atom. The number of aromatic nitrogens is 6. The molecule has 0 spiro atoms. The predicted molar refractivity (Wildman–Crippen MR) is 93.9 cm³/mol. The van der Waals surface area contributed by atoms with Crippen molar-refractivity contribution in [1.29, 1.82) is 0 Å². The fourth-order valence-corrected chi connectivity index (χ4v) is 2.90. The van der Waals surface area contributed by atoms with Crippen molar-refractivity contribution in [3.05, 3.63) is 42.0 Å².